The fourth-order valence-electron chi connectivity index (χ4n) is 2.80. The van der Waals surface area contributed by atoms with Crippen LogP contribution in [0.4, 0.5) is 20.3 Å². The third kappa shape index (κ3) is 3.72. The third-order valence-corrected chi connectivity index (χ3v) is 4.24. The molecule has 2 aromatic rings. The first-order valence-electron chi connectivity index (χ1n) is 8.12. The summed E-state index contributed by atoms with van der Waals surface area (Å²) in [6.45, 7) is 3.28. The molecule has 2 heterocycles. The van der Waals surface area contributed by atoms with Crippen LogP contribution >= 0.6 is 0 Å². The molecule has 8 heteroatoms. The zero-order chi connectivity index (χ0) is 18.0. The molecule has 1 N–H and O–H groups in total. The molecule has 0 unspecified atom stereocenters. The molecule has 1 aromatic carbocycles. The minimum atomic E-state index is -0.844. The van der Waals surface area contributed by atoms with Crippen molar-refractivity contribution in [3.8, 4) is 5.75 Å². The average Bonchev–Trinajstić information content (AvgIpc) is 3.18. The van der Waals surface area contributed by atoms with Crippen molar-refractivity contribution >= 4 is 17.4 Å². The molecule has 1 aliphatic heterocycles. The Morgan fingerprint density at radius 3 is 2.72 bits per heavy atom. The zero-order valence-electron chi connectivity index (χ0n) is 14.2. The number of aromatic nitrogens is 2. The van der Waals surface area contributed by atoms with Gasteiger partial charge in [-0.25, -0.2) is 8.78 Å². The van der Waals surface area contributed by atoms with Gasteiger partial charge in [0.25, 0.3) is 5.91 Å². The Morgan fingerprint density at radius 2 is 2.04 bits per heavy atom. The maximum atomic E-state index is 13.5. The van der Waals surface area contributed by atoms with Crippen LogP contribution in [0, 0.1) is 18.6 Å². The van der Waals surface area contributed by atoms with Crippen molar-refractivity contribution in [1.82, 2.24) is 9.78 Å². The first-order chi connectivity index (χ1) is 12.0. The molecule has 0 saturated carbocycles. The quantitative estimate of drug-likeness (QED) is 0.901. The van der Waals surface area contributed by atoms with Crippen LogP contribution in [-0.2, 0) is 11.8 Å². The van der Waals surface area contributed by atoms with Gasteiger partial charge in [0, 0.05) is 26.2 Å². The highest BCUT2D eigenvalue weighted by atomic mass is 19.1. The van der Waals surface area contributed by atoms with Gasteiger partial charge < -0.3 is 15.0 Å². The number of carbonyl (C=O) groups is 1. The minimum absolute atomic E-state index is 0.167. The number of hydrogen-bond acceptors (Lipinski definition) is 4. The molecule has 0 bridgehead atoms. The molecule has 134 valence electrons. The number of halogens is 2. The van der Waals surface area contributed by atoms with Gasteiger partial charge in [-0.05, 0) is 31.9 Å². The maximum absolute atomic E-state index is 13.5. The molecule has 0 aliphatic carbocycles. The normalized spacial score (nSPS) is 14.0. The molecule has 1 fully saturated rings. The van der Waals surface area contributed by atoms with Gasteiger partial charge in [-0.15, -0.1) is 0 Å². The van der Waals surface area contributed by atoms with E-state index in [9.17, 15) is 13.6 Å². The molecular formula is C17H20F2N4O2. The molecule has 25 heavy (non-hydrogen) atoms. The second-order valence-corrected chi connectivity index (χ2v) is 6.01. The fourth-order valence-corrected chi connectivity index (χ4v) is 2.80. The predicted octanol–water partition coefficient (Wildman–Crippen LogP) is 2.62. The van der Waals surface area contributed by atoms with Gasteiger partial charge >= 0.3 is 0 Å². The van der Waals surface area contributed by atoms with E-state index in [0.717, 1.165) is 49.6 Å². The first kappa shape index (κ1) is 17.2. The van der Waals surface area contributed by atoms with Crippen molar-refractivity contribution in [2.45, 2.75) is 19.8 Å². The zero-order valence-corrected chi connectivity index (χ0v) is 14.2. The fraction of sp³-hybridized carbons (Fsp3) is 0.412. The Kier molecular flexibility index (Phi) is 4.87. The Bertz CT molecular complexity index is 785. The highest BCUT2D eigenvalue weighted by Crippen LogP contribution is 2.30. The number of hydrogen-bond donors (Lipinski definition) is 1. The number of anilines is 2. The molecule has 6 nitrogen and oxygen atoms in total. The van der Waals surface area contributed by atoms with Gasteiger partial charge in [0.05, 0.1) is 5.69 Å². The van der Waals surface area contributed by atoms with Crippen LogP contribution in [0.25, 0.3) is 0 Å². The molecule has 3 rings (SSSR count). The van der Waals surface area contributed by atoms with Gasteiger partial charge in [0.15, 0.2) is 24.0 Å². The first-order valence-corrected chi connectivity index (χ1v) is 8.12. The van der Waals surface area contributed by atoms with Gasteiger partial charge in [-0.2, -0.15) is 5.10 Å². The van der Waals surface area contributed by atoms with Crippen LogP contribution in [0.3, 0.4) is 0 Å². The SMILES string of the molecule is Cc1c(NC(=O)COc2ccc(F)cc2F)c(N2CCCC2)nn1C. The van der Waals surface area contributed by atoms with Crippen molar-refractivity contribution in [2.24, 2.45) is 7.05 Å². The molecular weight excluding hydrogens is 330 g/mol. The lowest BCUT2D eigenvalue weighted by Gasteiger charge is -2.16. The predicted molar refractivity (Wildman–Crippen MR) is 89.9 cm³/mol. The van der Waals surface area contributed by atoms with Gasteiger partial charge in [-0.3, -0.25) is 9.48 Å². The maximum Gasteiger partial charge on any atom is 0.262 e. The Balaban J connectivity index is 1.68. The van der Waals surface area contributed by atoms with Gasteiger partial charge in [-0.1, -0.05) is 0 Å². The number of benzene rings is 1. The summed E-state index contributed by atoms with van der Waals surface area (Å²) in [5, 5.41) is 7.26. The van der Waals surface area contributed by atoms with Crippen LogP contribution < -0.4 is 15.0 Å². The van der Waals surface area contributed by atoms with Crippen molar-refractivity contribution in [1.29, 1.82) is 0 Å². The van der Waals surface area contributed by atoms with Crippen molar-refractivity contribution in [3.63, 3.8) is 0 Å². The lowest BCUT2D eigenvalue weighted by Crippen LogP contribution is -2.24. The van der Waals surface area contributed by atoms with Gasteiger partial charge in [0.1, 0.15) is 11.5 Å². The van der Waals surface area contributed by atoms with Crippen LogP contribution in [-0.4, -0.2) is 35.4 Å². The molecule has 0 radical (unpaired) electrons. The average molecular weight is 350 g/mol. The number of ether oxygens (including phenoxy) is 1. The summed E-state index contributed by atoms with van der Waals surface area (Å²) in [5.41, 5.74) is 1.46. The third-order valence-electron chi connectivity index (χ3n) is 4.24. The Hall–Kier alpha value is -2.64. The van der Waals surface area contributed by atoms with Crippen LogP contribution in [0.15, 0.2) is 18.2 Å². The number of carbonyl (C=O) groups excluding carboxylic acids is 1. The highest BCUT2D eigenvalue weighted by molar-refractivity contribution is 5.95. The molecule has 0 spiro atoms. The van der Waals surface area contributed by atoms with E-state index in [1.165, 1.54) is 0 Å². The van der Waals surface area contributed by atoms with E-state index >= 15 is 0 Å². The van der Waals surface area contributed by atoms with Crippen LogP contribution in [0.5, 0.6) is 5.75 Å². The smallest absolute Gasteiger partial charge is 0.262 e. The van der Waals surface area contributed by atoms with Crippen molar-refractivity contribution < 1.29 is 18.3 Å². The Morgan fingerprint density at radius 1 is 1.32 bits per heavy atom. The number of amides is 1. The van der Waals surface area contributed by atoms with Crippen LogP contribution in [0.2, 0.25) is 0 Å². The van der Waals surface area contributed by atoms with Gasteiger partial charge in [0.2, 0.25) is 0 Å². The van der Waals surface area contributed by atoms with E-state index in [0.29, 0.717) is 11.8 Å². The summed E-state index contributed by atoms with van der Waals surface area (Å²) >= 11 is 0. The van der Waals surface area contributed by atoms with Crippen LogP contribution in [0.1, 0.15) is 18.5 Å². The second kappa shape index (κ2) is 7.08. The number of nitrogens with one attached hydrogen (secondary N) is 1. The van der Waals surface area contributed by atoms with E-state index in [2.05, 4.69) is 15.3 Å². The summed E-state index contributed by atoms with van der Waals surface area (Å²) in [6, 6.07) is 2.94. The highest BCUT2D eigenvalue weighted by Gasteiger charge is 2.23. The Labute approximate surface area is 144 Å². The molecule has 1 aromatic heterocycles. The second-order valence-electron chi connectivity index (χ2n) is 6.01. The lowest BCUT2D eigenvalue weighted by atomic mass is 10.3. The summed E-state index contributed by atoms with van der Waals surface area (Å²) in [6.07, 6.45) is 2.19. The minimum Gasteiger partial charge on any atom is -0.481 e. The van der Waals surface area contributed by atoms with E-state index < -0.39 is 17.5 Å². The molecule has 1 aliphatic rings. The van der Waals surface area contributed by atoms with E-state index in [4.69, 9.17) is 4.74 Å². The molecule has 1 saturated heterocycles. The summed E-state index contributed by atoms with van der Waals surface area (Å²) in [5.74, 6) is -1.41. The largest absolute Gasteiger partial charge is 0.481 e. The van der Waals surface area contributed by atoms with E-state index in [1.807, 2.05) is 14.0 Å². The topological polar surface area (TPSA) is 59.4 Å². The summed E-state index contributed by atoms with van der Waals surface area (Å²) < 4.78 is 33.3. The van der Waals surface area contributed by atoms with Crippen molar-refractivity contribution in [3.05, 3.63) is 35.5 Å². The number of rotatable bonds is 5. The monoisotopic (exact) mass is 350 g/mol. The molecule has 0 atom stereocenters. The lowest BCUT2D eigenvalue weighted by molar-refractivity contribution is -0.118. The molecule has 1 amide bonds. The number of nitrogens with zero attached hydrogens (tertiary/aromatic N) is 3. The summed E-state index contributed by atoms with van der Waals surface area (Å²) in [7, 11) is 1.81. The standard InChI is InChI=1S/C17H20F2N4O2/c1-11-16(17(21-22(11)2)23-7-3-4-8-23)20-15(24)10-25-14-6-5-12(18)9-13(14)19/h5-6,9H,3-4,7-8,10H2,1-2H3,(H,20,24). The summed E-state index contributed by atoms with van der Waals surface area (Å²) in [4.78, 5) is 14.3. The number of aryl methyl sites for hydroxylation is 1. The van der Waals surface area contributed by atoms with E-state index in [1.54, 1.807) is 4.68 Å². The van der Waals surface area contributed by atoms with Crippen molar-refractivity contribution in [2.75, 3.05) is 29.9 Å². The van der Waals surface area contributed by atoms with E-state index in [-0.39, 0.29) is 12.4 Å².